The number of nitrogens with zero attached hydrogens (tertiary/aromatic N) is 1. The Kier molecular flexibility index (Phi) is 6.08. The lowest BCUT2D eigenvalue weighted by Gasteiger charge is -2.30. The molecule has 0 aliphatic carbocycles. The van der Waals surface area contributed by atoms with Crippen LogP contribution in [0.3, 0.4) is 0 Å². The SMILES string of the molecule is COCCN(C(=O)C(N)c1ccc(C)cc1)C1CCSC1. The normalized spacial score (nSPS) is 19.5. The van der Waals surface area contributed by atoms with Crippen LogP contribution in [0.1, 0.15) is 23.6 Å². The molecule has 2 unspecified atom stereocenters. The van der Waals surface area contributed by atoms with Crippen molar-refractivity contribution in [3.63, 3.8) is 0 Å². The van der Waals surface area contributed by atoms with Gasteiger partial charge >= 0.3 is 0 Å². The average molecular weight is 308 g/mol. The molecule has 1 saturated heterocycles. The first-order valence-electron chi connectivity index (χ1n) is 7.32. The first kappa shape index (κ1) is 16.3. The van der Waals surface area contributed by atoms with Crippen LogP contribution >= 0.6 is 11.8 Å². The number of amides is 1. The zero-order chi connectivity index (χ0) is 15.2. The third-order valence-corrected chi connectivity index (χ3v) is 5.01. The number of methoxy groups -OCH3 is 1. The molecule has 0 saturated carbocycles. The standard InChI is InChI=1S/C16H24N2O2S/c1-12-3-5-13(6-4-12)15(17)16(19)18(8-9-20-2)14-7-10-21-11-14/h3-6,14-15H,7-11,17H2,1-2H3. The first-order valence-corrected chi connectivity index (χ1v) is 8.48. The minimum Gasteiger partial charge on any atom is -0.383 e. The van der Waals surface area contributed by atoms with Gasteiger partial charge in [-0.3, -0.25) is 4.79 Å². The Labute approximate surface area is 131 Å². The van der Waals surface area contributed by atoms with E-state index < -0.39 is 6.04 Å². The van der Waals surface area contributed by atoms with E-state index in [2.05, 4.69) is 0 Å². The minimum atomic E-state index is -0.590. The van der Waals surface area contributed by atoms with Gasteiger partial charge in [0, 0.05) is 25.4 Å². The fourth-order valence-electron chi connectivity index (χ4n) is 2.53. The molecule has 0 aromatic heterocycles. The van der Waals surface area contributed by atoms with E-state index in [1.54, 1.807) is 7.11 Å². The van der Waals surface area contributed by atoms with Crippen molar-refractivity contribution in [2.75, 3.05) is 31.8 Å². The van der Waals surface area contributed by atoms with E-state index in [0.717, 1.165) is 23.5 Å². The number of hydrogen-bond acceptors (Lipinski definition) is 4. The molecule has 21 heavy (non-hydrogen) atoms. The van der Waals surface area contributed by atoms with Crippen LogP contribution in [0.5, 0.6) is 0 Å². The number of carbonyl (C=O) groups is 1. The van der Waals surface area contributed by atoms with Crippen molar-refractivity contribution in [3.8, 4) is 0 Å². The number of thioether (sulfide) groups is 1. The van der Waals surface area contributed by atoms with E-state index in [0.29, 0.717) is 13.2 Å². The van der Waals surface area contributed by atoms with Gasteiger partial charge in [0.15, 0.2) is 0 Å². The van der Waals surface area contributed by atoms with Gasteiger partial charge in [0.25, 0.3) is 0 Å². The highest BCUT2D eigenvalue weighted by Gasteiger charge is 2.30. The maximum Gasteiger partial charge on any atom is 0.244 e. The zero-order valence-corrected chi connectivity index (χ0v) is 13.6. The lowest BCUT2D eigenvalue weighted by atomic mass is 10.0. The van der Waals surface area contributed by atoms with Crippen LogP contribution in [-0.2, 0) is 9.53 Å². The highest BCUT2D eigenvalue weighted by atomic mass is 32.2. The highest BCUT2D eigenvalue weighted by Crippen LogP contribution is 2.25. The minimum absolute atomic E-state index is 0.00315. The summed E-state index contributed by atoms with van der Waals surface area (Å²) >= 11 is 1.90. The smallest absolute Gasteiger partial charge is 0.244 e. The molecule has 116 valence electrons. The number of aryl methyl sites for hydroxylation is 1. The summed E-state index contributed by atoms with van der Waals surface area (Å²) in [6.45, 7) is 3.19. The highest BCUT2D eigenvalue weighted by molar-refractivity contribution is 7.99. The van der Waals surface area contributed by atoms with Crippen LogP contribution in [0, 0.1) is 6.92 Å². The van der Waals surface area contributed by atoms with Gasteiger partial charge in [-0.05, 0) is 24.7 Å². The lowest BCUT2D eigenvalue weighted by Crippen LogP contribution is -2.46. The van der Waals surface area contributed by atoms with Gasteiger partial charge in [-0.25, -0.2) is 0 Å². The van der Waals surface area contributed by atoms with Crippen molar-refractivity contribution < 1.29 is 9.53 Å². The Hall–Kier alpha value is -1.04. The zero-order valence-electron chi connectivity index (χ0n) is 12.7. The molecule has 1 heterocycles. The van der Waals surface area contributed by atoms with Crippen LogP contribution < -0.4 is 5.73 Å². The Morgan fingerprint density at radius 3 is 2.76 bits per heavy atom. The second kappa shape index (κ2) is 7.82. The van der Waals surface area contributed by atoms with E-state index in [9.17, 15) is 4.79 Å². The largest absolute Gasteiger partial charge is 0.383 e. The fourth-order valence-corrected chi connectivity index (χ4v) is 3.75. The lowest BCUT2D eigenvalue weighted by molar-refractivity contribution is -0.135. The van der Waals surface area contributed by atoms with Crippen LogP contribution in [0.15, 0.2) is 24.3 Å². The maximum atomic E-state index is 12.8. The van der Waals surface area contributed by atoms with Crippen LogP contribution in [0.4, 0.5) is 0 Å². The Bertz CT molecular complexity index is 458. The molecule has 2 N–H and O–H groups in total. The summed E-state index contributed by atoms with van der Waals surface area (Å²) in [6, 6.07) is 7.56. The molecule has 0 spiro atoms. The van der Waals surface area contributed by atoms with Gasteiger partial charge in [-0.1, -0.05) is 29.8 Å². The van der Waals surface area contributed by atoms with Crippen molar-refractivity contribution in [2.24, 2.45) is 5.73 Å². The molecule has 2 rings (SSSR count). The molecule has 1 amide bonds. The summed E-state index contributed by atoms with van der Waals surface area (Å²) in [5.41, 5.74) is 8.23. The molecular formula is C16H24N2O2S. The van der Waals surface area contributed by atoms with E-state index in [1.807, 2.05) is 47.9 Å². The summed E-state index contributed by atoms with van der Waals surface area (Å²) in [7, 11) is 1.66. The number of benzene rings is 1. The predicted octanol–water partition coefficient (Wildman–Crippen LogP) is 1.98. The molecular weight excluding hydrogens is 284 g/mol. The summed E-state index contributed by atoms with van der Waals surface area (Å²) in [5, 5.41) is 0. The molecule has 4 nitrogen and oxygen atoms in total. The predicted molar refractivity (Wildman–Crippen MR) is 87.4 cm³/mol. The number of nitrogens with two attached hydrogens (primary N) is 1. The summed E-state index contributed by atoms with van der Waals surface area (Å²) in [4.78, 5) is 14.7. The quantitative estimate of drug-likeness (QED) is 0.873. The number of hydrogen-bond donors (Lipinski definition) is 1. The average Bonchev–Trinajstić information content (AvgIpc) is 3.01. The first-order chi connectivity index (χ1) is 10.1. The molecule has 1 aliphatic rings. The van der Waals surface area contributed by atoms with Crippen molar-refractivity contribution in [2.45, 2.75) is 25.4 Å². The van der Waals surface area contributed by atoms with Crippen molar-refractivity contribution >= 4 is 17.7 Å². The topological polar surface area (TPSA) is 55.6 Å². The van der Waals surface area contributed by atoms with Crippen LogP contribution in [0.25, 0.3) is 0 Å². The molecule has 0 bridgehead atoms. The van der Waals surface area contributed by atoms with Crippen molar-refractivity contribution in [3.05, 3.63) is 35.4 Å². The summed E-state index contributed by atoms with van der Waals surface area (Å²) in [6.07, 6.45) is 1.04. The van der Waals surface area contributed by atoms with E-state index in [1.165, 1.54) is 5.56 Å². The van der Waals surface area contributed by atoms with Crippen LogP contribution in [0.2, 0.25) is 0 Å². The van der Waals surface area contributed by atoms with Gasteiger partial charge in [0.2, 0.25) is 5.91 Å². The third kappa shape index (κ3) is 4.22. The van der Waals surface area contributed by atoms with Gasteiger partial charge in [-0.15, -0.1) is 0 Å². The van der Waals surface area contributed by atoms with E-state index in [-0.39, 0.29) is 11.9 Å². The number of ether oxygens (including phenoxy) is 1. The Morgan fingerprint density at radius 2 is 2.19 bits per heavy atom. The fraction of sp³-hybridized carbons (Fsp3) is 0.562. The second-order valence-corrected chi connectivity index (χ2v) is 6.58. The van der Waals surface area contributed by atoms with Gasteiger partial charge in [0.05, 0.1) is 6.61 Å². The molecule has 5 heteroatoms. The van der Waals surface area contributed by atoms with E-state index in [4.69, 9.17) is 10.5 Å². The molecule has 1 aliphatic heterocycles. The van der Waals surface area contributed by atoms with E-state index >= 15 is 0 Å². The van der Waals surface area contributed by atoms with Gasteiger partial charge < -0.3 is 15.4 Å². The summed E-state index contributed by atoms with van der Waals surface area (Å²) < 4.78 is 5.14. The van der Waals surface area contributed by atoms with Crippen molar-refractivity contribution in [1.82, 2.24) is 4.90 Å². The maximum absolute atomic E-state index is 12.8. The second-order valence-electron chi connectivity index (χ2n) is 5.43. The number of rotatable bonds is 6. The van der Waals surface area contributed by atoms with Gasteiger partial charge in [-0.2, -0.15) is 11.8 Å². The Balaban J connectivity index is 2.10. The van der Waals surface area contributed by atoms with Crippen LogP contribution in [-0.4, -0.2) is 48.6 Å². The molecule has 1 aromatic rings. The number of carbonyl (C=O) groups excluding carboxylic acids is 1. The Morgan fingerprint density at radius 1 is 1.48 bits per heavy atom. The monoisotopic (exact) mass is 308 g/mol. The van der Waals surface area contributed by atoms with Gasteiger partial charge in [0.1, 0.15) is 6.04 Å². The molecule has 1 aromatic carbocycles. The molecule has 2 atom stereocenters. The summed E-state index contributed by atoms with van der Waals surface area (Å²) in [5.74, 6) is 2.11. The van der Waals surface area contributed by atoms with Crippen molar-refractivity contribution in [1.29, 1.82) is 0 Å². The molecule has 0 radical (unpaired) electrons. The molecule has 1 fully saturated rings. The third-order valence-electron chi connectivity index (χ3n) is 3.87.